The van der Waals surface area contributed by atoms with Crippen molar-refractivity contribution in [1.82, 2.24) is 4.57 Å². The quantitative estimate of drug-likeness (QED) is 0.481. The van der Waals surface area contributed by atoms with Crippen molar-refractivity contribution in [3.05, 3.63) is 77.0 Å². The summed E-state index contributed by atoms with van der Waals surface area (Å²) in [6.45, 7) is 7.20. The van der Waals surface area contributed by atoms with Crippen LogP contribution >= 0.6 is 0 Å². The van der Waals surface area contributed by atoms with E-state index in [0.717, 1.165) is 23.2 Å². The number of carbonyl (C=O) groups excluding carboxylic acids is 1. The standard InChI is InChI=1S/C21H21NO/c1-4-22-16(3)18(19-7-5-6-8-20(19)22)13-14-21(23)17-11-9-15(2)10-12-17/h5-14H,4H2,1-3H3/b14-13+. The van der Waals surface area contributed by atoms with Gasteiger partial charge in [-0.25, -0.2) is 0 Å². The van der Waals surface area contributed by atoms with Gasteiger partial charge in [-0.15, -0.1) is 0 Å². The average Bonchev–Trinajstić information content (AvgIpc) is 2.84. The van der Waals surface area contributed by atoms with E-state index >= 15 is 0 Å². The lowest BCUT2D eigenvalue weighted by Crippen LogP contribution is -1.96. The van der Waals surface area contributed by atoms with Gasteiger partial charge in [0.25, 0.3) is 0 Å². The fourth-order valence-corrected chi connectivity index (χ4v) is 3.05. The Morgan fingerprint density at radius 2 is 1.74 bits per heavy atom. The van der Waals surface area contributed by atoms with Crippen LogP contribution in [-0.4, -0.2) is 10.4 Å². The van der Waals surface area contributed by atoms with E-state index in [2.05, 4.69) is 36.6 Å². The first-order chi connectivity index (χ1) is 11.1. The predicted octanol–water partition coefficient (Wildman–Crippen LogP) is 5.17. The van der Waals surface area contributed by atoms with Gasteiger partial charge in [0.05, 0.1) is 0 Å². The summed E-state index contributed by atoms with van der Waals surface area (Å²) >= 11 is 0. The molecule has 23 heavy (non-hydrogen) atoms. The van der Waals surface area contributed by atoms with E-state index in [1.54, 1.807) is 6.08 Å². The molecule has 0 aliphatic carbocycles. The minimum absolute atomic E-state index is 0.0396. The Kier molecular flexibility index (Phi) is 4.16. The molecule has 0 unspecified atom stereocenters. The molecular weight excluding hydrogens is 282 g/mol. The molecule has 0 saturated carbocycles. The van der Waals surface area contributed by atoms with E-state index in [1.807, 2.05) is 43.3 Å². The van der Waals surface area contributed by atoms with Gasteiger partial charge in [-0.2, -0.15) is 0 Å². The van der Waals surface area contributed by atoms with Crippen LogP contribution in [0, 0.1) is 13.8 Å². The lowest BCUT2D eigenvalue weighted by molar-refractivity contribution is 0.104. The van der Waals surface area contributed by atoms with Gasteiger partial charge in [0.2, 0.25) is 0 Å². The van der Waals surface area contributed by atoms with Gasteiger partial charge in [-0.05, 0) is 39.0 Å². The molecule has 0 saturated heterocycles. The van der Waals surface area contributed by atoms with Crippen molar-refractivity contribution in [2.45, 2.75) is 27.3 Å². The SMILES string of the molecule is CCn1c(C)c(/C=C/C(=O)c2ccc(C)cc2)c2ccccc21. The first-order valence-electron chi connectivity index (χ1n) is 7.98. The van der Waals surface area contributed by atoms with Crippen LogP contribution in [-0.2, 0) is 6.54 Å². The van der Waals surface area contributed by atoms with Crippen LogP contribution in [0.4, 0.5) is 0 Å². The van der Waals surface area contributed by atoms with Gasteiger partial charge in [0, 0.05) is 34.3 Å². The summed E-state index contributed by atoms with van der Waals surface area (Å²) < 4.78 is 2.28. The van der Waals surface area contributed by atoms with E-state index < -0.39 is 0 Å². The van der Waals surface area contributed by atoms with Crippen LogP contribution in [0.3, 0.4) is 0 Å². The fraction of sp³-hybridized carbons (Fsp3) is 0.190. The molecule has 0 fully saturated rings. The highest BCUT2D eigenvalue weighted by Gasteiger charge is 2.10. The summed E-state index contributed by atoms with van der Waals surface area (Å²) in [6.07, 6.45) is 3.63. The number of para-hydroxylation sites is 1. The van der Waals surface area contributed by atoms with Gasteiger partial charge in [-0.3, -0.25) is 4.79 Å². The predicted molar refractivity (Wildman–Crippen MR) is 96.9 cm³/mol. The monoisotopic (exact) mass is 303 g/mol. The molecule has 2 aromatic carbocycles. The second-order valence-corrected chi connectivity index (χ2v) is 5.82. The van der Waals surface area contributed by atoms with Crippen LogP contribution < -0.4 is 0 Å². The summed E-state index contributed by atoms with van der Waals surface area (Å²) in [7, 11) is 0. The molecule has 2 heteroatoms. The number of rotatable bonds is 4. The Morgan fingerprint density at radius 3 is 2.43 bits per heavy atom. The van der Waals surface area contributed by atoms with Gasteiger partial charge >= 0.3 is 0 Å². The number of fused-ring (bicyclic) bond motifs is 1. The smallest absolute Gasteiger partial charge is 0.185 e. The number of aryl methyl sites for hydroxylation is 2. The number of carbonyl (C=O) groups is 1. The lowest BCUT2D eigenvalue weighted by atomic mass is 10.1. The molecule has 3 aromatic rings. The van der Waals surface area contributed by atoms with Gasteiger partial charge in [0.1, 0.15) is 0 Å². The summed E-state index contributed by atoms with van der Waals surface area (Å²) in [5, 5.41) is 1.19. The topological polar surface area (TPSA) is 22.0 Å². The van der Waals surface area contributed by atoms with Crippen LogP contribution in [0.25, 0.3) is 17.0 Å². The number of benzene rings is 2. The molecule has 0 aliphatic heterocycles. The first kappa shape index (κ1) is 15.3. The lowest BCUT2D eigenvalue weighted by Gasteiger charge is -2.03. The van der Waals surface area contributed by atoms with E-state index in [4.69, 9.17) is 0 Å². The number of nitrogens with zero attached hydrogens (tertiary/aromatic N) is 1. The van der Waals surface area contributed by atoms with Crippen molar-refractivity contribution in [3.8, 4) is 0 Å². The third kappa shape index (κ3) is 2.85. The summed E-state index contributed by atoms with van der Waals surface area (Å²) in [6, 6.07) is 16.0. The molecule has 116 valence electrons. The van der Waals surface area contributed by atoms with Gasteiger partial charge in [-0.1, -0.05) is 48.0 Å². The van der Waals surface area contributed by atoms with Crippen LogP contribution in [0.5, 0.6) is 0 Å². The zero-order chi connectivity index (χ0) is 16.4. The Balaban J connectivity index is 1.99. The Bertz CT molecular complexity index is 882. The molecule has 2 nitrogen and oxygen atoms in total. The van der Waals surface area contributed by atoms with Gasteiger partial charge in [0.15, 0.2) is 5.78 Å². The molecular formula is C21H21NO. The molecule has 3 rings (SSSR count). The van der Waals surface area contributed by atoms with Crippen molar-refractivity contribution in [1.29, 1.82) is 0 Å². The highest BCUT2D eigenvalue weighted by molar-refractivity contribution is 6.08. The summed E-state index contributed by atoms with van der Waals surface area (Å²) in [5.41, 5.74) is 5.43. The number of hydrogen-bond donors (Lipinski definition) is 0. The van der Waals surface area contributed by atoms with Crippen molar-refractivity contribution in [2.75, 3.05) is 0 Å². The molecule has 0 spiro atoms. The largest absolute Gasteiger partial charge is 0.345 e. The maximum atomic E-state index is 12.4. The van der Waals surface area contributed by atoms with Crippen molar-refractivity contribution in [2.24, 2.45) is 0 Å². The maximum absolute atomic E-state index is 12.4. The number of ketones is 1. The van der Waals surface area contributed by atoms with Crippen LogP contribution in [0.15, 0.2) is 54.6 Å². The van der Waals surface area contributed by atoms with Gasteiger partial charge < -0.3 is 4.57 Å². The normalized spacial score (nSPS) is 11.4. The van der Waals surface area contributed by atoms with E-state index in [1.165, 1.54) is 16.6 Å². The average molecular weight is 303 g/mol. The van der Waals surface area contributed by atoms with Crippen LogP contribution in [0.2, 0.25) is 0 Å². The van der Waals surface area contributed by atoms with Crippen molar-refractivity contribution in [3.63, 3.8) is 0 Å². The third-order valence-corrected chi connectivity index (χ3v) is 4.33. The minimum Gasteiger partial charge on any atom is -0.345 e. The molecule has 1 aromatic heterocycles. The Hall–Kier alpha value is -2.61. The number of hydrogen-bond acceptors (Lipinski definition) is 1. The third-order valence-electron chi connectivity index (χ3n) is 4.33. The zero-order valence-electron chi connectivity index (χ0n) is 13.8. The van der Waals surface area contributed by atoms with Crippen LogP contribution in [0.1, 0.15) is 34.1 Å². The maximum Gasteiger partial charge on any atom is 0.185 e. The molecule has 0 amide bonds. The minimum atomic E-state index is 0.0396. The number of aromatic nitrogens is 1. The second-order valence-electron chi connectivity index (χ2n) is 5.82. The molecule has 1 heterocycles. The van der Waals surface area contributed by atoms with E-state index in [9.17, 15) is 4.79 Å². The highest BCUT2D eigenvalue weighted by Crippen LogP contribution is 2.27. The molecule has 0 aliphatic rings. The highest BCUT2D eigenvalue weighted by atomic mass is 16.1. The number of allylic oxidation sites excluding steroid dienone is 1. The molecule has 0 atom stereocenters. The summed E-state index contributed by atoms with van der Waals surface area (Å²) in [5.74, 6) is 0.0396. The Morgan fingerprint density at radius 1 is 1.04 bits per heavy atom. The fourth-order valence-electron chi connectivity index (χ4n) is 3.05. The molecule has 0 radical (unpaired) electrons. The molecule has 0 N–H and O–H groups in total. The molecule has 0 bridgehead atoms. The zero-order valence-corrected chi connectivity index (χ0v) is 13.8. The van der Waals surface area contributed by atoms with E-state index in [-0.39, 0.29) is 5.78 Å². The summed E-state index contributed by atoms with van der Waals surface area (Å²) in [4.78, 5) is 12.4. The first-order valence-corrected chi connectivity index (χ1v) is 7.98. The van der Waals surface area contributed by atoms with E-state index in [0.29, 0.717) is 0 Å². The van der Waals surface area contributed by atoms with Crippen molar-refractivity contribution >= 4 is 22.8 Å². The van der Waals surface area contributed by atoms with Crippen molar-refractivity contribution < 1.29 is 4.79 Å². The Labute approximate surface area is 137 Å². The second kappa shape index (κ2) is 6.25.